The van der Waals surface area contributed by atoms with Gasteiger partial charge in [-0.1, -0.05) is 0 Å². The molecule has 0 bridgehead atoms. The van der Waals surface area contributed by atoms with Crippen molar-refractivity contribution in [3.63, 3.8) is 0 Å². The van der Waals surface area contributed by atoms with Crippen LogP contribution in [0.4, 0.5) is 13.2 Å². The average Bonchev–Trinajstić information content (AvgIpc) is 2.34. The van der Waals surface area contributed by atoms with Crippen LogP contribution in [0, 0.1) is 0 Å². The molecule has 20 heavy (non-hydrogen) atoms. The zero-order valence-corrected chi connectivity index (χ0v) is 10.9. The number of carbonyl (C=O) groups is 2. The topological polar surface area (TPSA) is 85.1 Å². The summed E-state index contributed by atoms with van der Waals surface area (Å²) in [6.07, 6.45) is -1.87. The van der Waals surface area contributed by atoms with Crippen molar-refractivity contribution in [1.29, 1.82) is 0 Å². The van der Waals surface area contributed by atoms with Gasteiger partial charge < -0.3 is 11.1 Å². The lowest BCUT2D eigenvalue weighted by Gasteiger charge is -2.14. The number of hydrogen-bond donors (Lipinski definition) is 2. The highest BCUT2D eigenvalue weighted by atomic mass is 19.3. The maximum absolute atomic E-state index is 13.3. The lowest BCUT2D eigenvalue weighted by atomic mass is 10.1. The quantitative estimate of drug-likeness (QED) is 0.861. The van der Waals surface area contributed by atoms with Crippen LogP contribution in [0.5, 0.6) is 0 Å². The lowest BCUT2D eigenvalue weighted by Crippen LogP contribution is -2.38. The minimum Gasteiger partial charge on any atom is -0.366 e. The molecule has 0 fully saturated rings. The second kappa shape index (κ2) is 5.89. The Labute approximate surface area is 113 Å². The first-order valence-corrected chi connectivity index (χ1v) is 5.67. The molecule has 0 spiro atoms. The van der Waals surface area contributed by atoms with Gasteiger partial charge in [0.2, 0.25) is 0 Å². The number of rotatable bonds is 5. The summed E-state index contributed by atoms with van der Waals surface area (Å²) in [4.78, 5) is 25.8. The Morgan fingerprint density at radius 2 is 2.05 bits per heavy atom. The number of aromatic nitrogens is 1. The summed E-state index contributed by atoms with van der Waals surface area (Å²) in [5.74, 6) is -1.91. The van der Waals surface area contributed by atoms with E-state index in [2.05, 4.69) is 10.3 Å². The van der Waals surface area contributed by atoms with E-state index in [4.69, 9.17) is 5.73 Å². The first-order valence-electron chi connectivity index (χ1n) is 5.67. The Balaban J connectivity index is 2.91. The molecule has 8 heteroatoms. The number of nitrogens with one attached hydrogen (secondary N) is 1. The maximum Gasteiger partial charge on any atom is 0.281 e. The van der Waals surface area contributed by atoms with E-state index in [1.807, 2.05) is 0 Å². The molecule has 0 saturated carbocycles. The molecule has 1 aromatic rings. The number of halogens is 3. The van der Waals surface area contributed by atoms with Crippen LogP contribution in [0.2, 0.25) is 0 Å². The molecule has 110 valence electrons. The molecule has 1 aromatic heterocycles. The van der Waals surface area contributed by atoms with Crippen molar-refractivity contribution >= 4 is 11.8 Å². The van der Waals surface area contributed by atoms with E-state index in [-0.39, 0.29) is 12.1 Å². The van der Waals surface area contributed by atoms with Gasteiger partial charge in [-0.05, 0) is 25.5 Å². The molecule has 5 nitrogen and oxygen atoms in total. The van der Waals surface area contributed by atoms with Crippen LogP contribution in [0.25, 0.3) is 0 Å². The number of pyridine rings is 1. The summed E-state index contributed by atoms with van der Waals surface area (Å²) >= 11 is 0. The van der Waals surface area contributed by atoms with Gasteiger partial charge in [0.15, 0.2) is 5.67 Å². The number of nitrogens with zero attached hydrogens (tertiary/aromatic N) is 1. The van der Waals surface area contributed by atoms with E-state index in [1.165, 1.54) is 0 Å². The second-order valence-electron chi connectivity index (χ2n) is 4.60. The minimum absolute atomic E-state index is 0.150. The van der Waals surface area contributed by atoms with Crippen molar-refractivity contribution in [3.05, 3.63) is 29.1 Å². The molecule has 0 radical (unpaired) electrons. The largest absolute Gasteiger partial charge is 0.366 e. The monoisotopic (exact) mass is 289 g/mol. The Hall–Kier alpha value is -2.12. The summed E-state index contributed by atoms with van der Waals surface area (Å²) in [5.41, 5.74) is 2.04. The smallest absolute Gasteiger partial charge is 0.281 e. The lowest BCUT2D eigenvalue weighted by molar-refractivity contribution is -0.130. The molecule has 0 unspecified atom stereocenters. The number of hydrogen-bond acceptors (Lipinski definition) is 3. The predicted octanol–water partition coefficient (Wildman–Crippen LogP) is 1.48. The van der Waals surface area contributed by atoms with E-state index in [9.17, 15) is 22.8 Å². The van der Waals surface area contributed by atoms with Crippen molar-refractivity contribution < 1.29 is 22.8 Å². The van der Waals surface area contributed by atoms with Gasteiger partial charge in [0.1, 0.15) is 5.69 Å². The summed E-state index contributed by atoms with van der Waals surface area (Å²) in [6.45, 7) is 2.01. The Morgan fingerprint density at radius 3 is 2.50 bits per heavy atom. The van der Waals surface area contributed by atoms with Gasteiger partial charge in [-0.25, -0.2) is 13.2 Å². The molecule has 2 amide bonds. The van der Waals surface area contributed by atoms with Gasteiger partial charge >= 0.3 is 0 Å². The fourth-order valence-electron chi connectivity index (χ4n) is 1.38. The number of primary amides is 1. The molecule has 0 aliphatic heterocycles. The summed E-state index contributed by atoms with van der Waals surface area (Å²) in [6, 6.07) is 1.10. The van der Waals surface area contributed by atoms with Crippen LogP contribution in [0.15, 0.2) is 12.3 Å². The van der Waals surface area contributed by atoms with Crippen LogP contribution in [-0.2, 0) is 11.3 Å². The van der Waals surface area contributed by atoms with E-state index in [0.717, 1.165) is 26.1 Å². The summed E-state index contributed by atoms with van der Waals surface area (Å²) in [5, 5.41) is 2.26. The molecule has 0 aliphatic carbocycles. The predicted molar refractivity (Wildman–Crippen MR) is 64.7 cm³/mol. The Bertz CT molecular complexity index is 527. The first-order chi connectivity index (χ1) is 9.12. The standard InChI is InChI=1S/C12H14F3N3O2/c1-12(2,15)11(20)18-5-6-3-7(10(16)19)8(9(13)14)17-4-6/h3-4,9H,5H2,1-2H3,(H2,16,19)(H,18,20). The third-order valence-corrected chi connectivity index (χ3v) is 2.44. The van der Waals surface area contributed by atoms with Gasteiger partial charge in [0, 0.05) is 12.7 Å². The van der Waals surface area contributed by atoms with Crippen LogP contribution in [-0.4, -0.2) is 22.5 Å². The molecule has 3 N–H and O–H groups in total. The second-order valence-corrected chi connectivity index (χ2v) is 4.60. The van der Waals surface area contributed by atoms with Crippen molar-refractivity contribution in [2.75, 3.05) is 0 Å². The van der Waals surface area contributed by atoms with Gasteiger partial charge in [0.25, 0.3) is 18.2 Å². The van der Waals surface area contributed by atoms with Crippen LogP contribution in [0.3, 0.4) is 0 Å². The molecule has 0 aliphatic rings. The highest BCUT2D eigenvalue weighted by molar-refractivity contribution is 5.94. The maximum atomic E-state index is 13.3. The minimum atomic E-state index is -2.94. The van der Waals surface area contributed by atoms with E-state index >= 15 is 0 Å². The zero-order chi connectivity index (χ0) is 15.5. The number of alkyl halides is 3. The molecule has 0 atom stereocenters. The highest BCUT2D eigenvalue weighted by Crippen LogP contribution is 2.21. The van der Waals surface area contributed by atoms with Gasteiger partial charge in [-0.2, -0.15) is 0 Å². The number of carbonyl (C=O) groups excluding carboxylic acids is 2. The van der Waals surface area contributed by atoms with E-state index in [1.54, 1.807) is 0 Å². The van der Waals surface area contributed by atoms with Crippen molar-refractivity contribution in [3.8, 4) is 0 Å². The van der Waals surface area contributed by atoms with Gasteiger partial charge in [-0.3, -0.25) is 14.6 Å². The SMILES string of the molecule is CC(C)(F)C(=O)NCc1cnc(C(F)F)c(C(N)=O)c1. The zero-order valence-electron chi connectivity index (χ0n) is 10.9. The fourth-order valence-corrected chi connectivity index (χ4v) is 1.38. The molecular weight excluding hydrogens is 275 g/mol. The third kappa shape index (κ3) is 3.94. The molecule has 0 aromatic carbocycles. The van der Waals surface area contributed by atoms with Crippen LogP contribution < -0.4 is 11.1 Å². The number of amides is 2. The van der Waals surface area contributed by atoms with Crippen molar-refractivity contribution in [1.82, 2.24) is 10.3 Å². The average molecular weight is 289 g/mol. The number of nitrogens with two attached hydrogens (primary N) is 1. The van der Waals surface area contributed by atoms with Gasteiger partial charge in [0.05, 0.1) is 5.56 Å². The van der Waals surface area contributed by atoms with Crippen LogP contribution >= 0.6 is 0 Å². The Morgan fingerprint density at radius 1 is 1.45 bits per heavy atom. The third-order valence-electron chi connectivity index (χ3n) is 2.44. The summed E-state index contributed by atoms with van der Waals surface area (Å²) < 4.78 is 38.5. The molecule has 1 heterocycles. The summed E-state index contributed by atoms with van der Waals surface area (Å²) in [7, 11) is 0. The van der Waals surface area contributed by atoms with E-state index < -0.39 is 35.2 Å². The normalized spacial score (nSPS) is 11.5. The van der Waals surface area contributed by atoms with Gasteiger partial charge in [-0.15, -0.1) is 0 Å². The van der Waals surface area contributed by atoms with Crippen molar-refractivity contribution in [2.24, 2.45) is 5.73 Å². The molecule has 0 saturated heterocycles. The first kappa shape index (κ1) is 15.9. The highest BCUT2D eigenvalue weighted by Gasteiger charge is 2.26. The molecular formula is C12H14F3N3O2. The Kier molecular flexibility index (Phi) is 4.69. The van der Waals surface area contributed by atoms with Crippen molar-refractivity contribution in [2.45, 2.75) is 32.5 Å². The van der Waals surface area contributed by atoms with Crippen LogP contribution in [0.1, 0.15) is 41.9 Å². The van der Waals surface area contributed by atoms with E-state index in [0.29, 0.717) is 0 Å². The fraction of sp³-hybridized carbons (Fsp3) is 0.417. The molecule has 1 rings (SSSR count).